The van der Waals surface area contributed by atoms with Crippen molar-refractivity contribution in [1.82, 2.24) is 4.98 Å². The van der Waals surface area contributed by atoms with Gasteiger partial charge >= 0.3 is 5.63 Å². The summed E-state index contributed by atoms with van der Waals surface area (Å²) in [6.07, 6.45) is 1.80. The molecule has 4 aromatic rings. The summed E-state index contributed by atoms with van der Waals surface area (Å²) in [6.45, 7) is 0. The lowest BCUT2D eigenvalue weighted by atomic mass is 10.1. The smallest absolute Gasteiger partial charge is 0.349 e. The molecular formula is C18H12N2O3. The average molecular weight is 304 g/mol. The third-order valence-corrected chi connectivity index (χ3v) is 3.72. The first-order chi connectivity index (χ1) is 11.2. The van der Waals surface area contributed by atoms with E-state index in [0.29, 0.717) is 16.7 Å². The number of carbonyl (C=O) groups excluding carboxylic acids is 1. The van der Waals surface area contributed by atoms with Gasteiger partial charge in [-0.15, -0.1) is 0 Å². The van der Waals surface area contributed by atoms with Crippen LogP contribution in [0.3, 0.4) is 0 Å². The van der Waals surface area contributed by atoms with Gasteiger partial charge in [0.2, 0.25) is 0 Å². The van der Waals surface area contributed by atoms with Crippen LogP contribution >= 0.6 is 0 Å². The molecule has 0 spiro atoms. The number of carbonyl (C=O) groups is 1. The lowest BCUT2D eigenvalue weighted by molar-refractivity contribution is 0.102. The van der Waals surface area contributed by atoms with Gasteiger partial charge in [-0.3, -0.25) is 4.79 Å². The maximum atomic E-state index is 12.5. The van der Waals surface area contributed by atoms with Gasteiger partial charge in [-0.2, -0.15) is 0 Å². The minimum absolute atomic E-state index is 0.0211. The molecule has 0 fully saturated rings. The number of aromatic amines is 1. The van der Waals surface area contributed by atoms with Gasteiger partial charge in [0, 0.05) is 17.0 Å². The number of hydrogen-bond acceptors (Lipinski definition) is 3. The SMILES string of the molecule is O=C(Nc1cccc2cc[nH]c12)c1cc2ccccc2oc1=O. The molecular weight excluding hydrogens is 292 g/mol. The van der Waals surface area contributed by atoms with Gasteiger partial charge in [-0.1, -0.05) is 30.3 Å². The van der Waals surface area contributed by atoms with Crippen LogP contribution in [0.2, 0.25) is 0 Å². The lowest BCUT2D eigenvalue weighted by Gasteiger charge is -2.06. The Bertz CT molecular complexity index is 1090. The largest absolute Gasteiger partial charge is 0.422 e. The second-order valence-corrected chi connectivity index (χ2v) is 5.19. The number of para-hydroxylation sites is 2. The molecule has 112 valence electrons. The van der Waals surface area contributed by atoms with Crippen LogP contribution in [0.5, 0.6) is 0 Å². The normalized spacial score (nSPS) is 11.0. The summed E-state index contributed by atoms with van der Waals surface area (Å²) in [5.74, 6) is -0.494. The molecule has 0 saturated carbocycles. The van der Waals surface area contributed by atoms with Crippen LogP contribution < -0.4 is 10.9 Å². The average Bonchev–Trinajstić information content (AvgIpc) is 3.04. The molecule has 2 aromatic carbocycles. The molecule has 0 bridgehead atoms. The molecule has 2 N–H and O–H groups in total. The second kappa shape index (κ2) is 5.14. The lowest BCUT2D eigenvalue weighted by Crippen LogP contribution is -2.20. The Morgan fingerprint density at radius 1 is 1.00 bits per heavy atom. The van der Waals surface area contributed by atoms with E-state index in [2.05, 4.69) is 10.3 Å². The fourth-order valence-electron chi connectivity index (χ4n) is 2.60. The standard InChI is InChI=1S/C18H12N2O3/c21-17(20-14-6-3-5-11-8-9-19-16(11)14)13-10-12-4-1-2-7-15(12)23-18(13)22/h1-10,19H,(H,20,21). The highest BCUT2D eigenvalue weighted by molar-refractivity contribution is 6.09. The minimum Gasteiger partial charge on any atom is -0.422 e. The van der Waals surface area contributed by atoms with Crippen molar-refractivity contribution in [3.8, 4) is 0 Å². The zero-order valence-corrected chi connectivity index (χ0v) is 12.0. The number of anilines is 1. The number of benzene rings is 2. The maximum absolute atomic E-state index is 12.5. The highest BCUT2D eigenvalue weighted by atomic mass is 16.4. The number of amides is 1. The molecule has 23 heavy (non-hydrogen) atoms. The van der Waals surface area contributed by atoms with Crippen molar-refractivity contribution in [2.75, 3.05) is 5.32 Å². The van der Waals surface area contributed by atoms with Gasteiger partial charge in [0.1, 0.15) is 11.1 Å². The molecule has 0 aliphatic carbocycles. The predicted molar refractivity (Wildman–Crippen MR) is 88.7 cm³/mol. The van der Waals surface area contributed by atoms with Crippen LogP contribution in [-0.4, -0.2) is 10.9 Å². The van der Waals surface area contributed by atoms with Crippen molar-refractivity contribution in [2.45, 2.75) is 0 Å². The van der Waals surface area contributed by atoms with Crippen LogP contribution in [0.4, 0.5) is 5.69 Å². The van der Waals surface area contributed by atoms with Gasteiger partial charge < -0.3 is 14.7 Å². The van der Waals surface area contributed by atoms with Crippen LogP contribution in [0.1, 0.15) is 10.4 Å². The Balaban J connectivity index is 1.76. The van der Waals surface area contributed by atoms with E-state index >= 15 is 0 Å². The van der Waals surface area contributed by atoms with E-state index in [1.165, 1.54) is 0 Å². The van der Waals surface area contributed by atoms with Crippen molar-refractivity contribution in [2.24, 2.45) is 0 Å². The van der Waals surface area contributed by atoms with Gasteiger partial charge in [0.25, 0.3) is 5.91 Å². The summed E-state index contributed by atoms with van der Waals surface area (Å²) < 4.78 is 5.20. The van der Waals surface area contributed by atoms with Gasteiger partial charge in [-0.25, -0.2) is 4.79 Å². The Hall–Kier alpha value is -3.34. The number of H-pyrrole nitrogens is 1. The van der Waals surface area contributed by atoms with E-state index in [9.17, 15) is 9.59 Å². The molecule has 0 unspecified atom stereocenters. The zero-order valence-electron chi connectivity index (χ0n) is 12.0. The summed E-state index contributed by atoms with van der Waals surface area (Å²) in [7, 11) is 0. The van der Waals surface area contributed by atoms with E-state index in [1.54, 1.807) is 36.5 Å². The number of hydrogen-bond donors (Lipinski definition) is 2. The van der Waals surface area contributed by atoms with Crippen molar-refractivity contribution in [1.29, 1.82) is 0 Å². The molecule has 0 aliphatic heterocycles. The number of fused-ring (bicyclic) bond motifs is 2. The van der Waals surface area contributed by atoms with Gasteiger partial charge in [0.15, 0.2) is 0 Å². The molecule has 1 amide bonds. The highest BCUT2D eigenvalue weighted by Crippen LogP contribution is 2.22. The quantitative estimate of drug-likeness (QED) is 0.556. The molecule has 2 heterocycles. The van der Waals surface area contributed by atoms with Crippen molar-refractivity contribution >= 4 is 33.5 Å². The molecule has 0 radical (unpaired) electrons. The fourth-order valence-corrected chi connectivity index (χ4v) is 2.60. The third kappa shape index (κ3) is 2.28. The minimum atomic E-state index is -0.653. The first-order valence-corrected chi connectivity index (χ1v) is 7.13. The van der Waals surface area contributed by atoms with E-state index < -0.39 is 11.5 Å². The summed E-state index contributed by atoms with van der Waals surface area (Å²) in [4.78, 5) is 27.6. The first-order valence-electron chi connectivity index (χ1n) is 7.13. The zero-order chi connectivity index (χ0) is 15.8. The van der Waals surface area contributed by atoms with Crippen molar-refractivity contribution in [3.05, 3.63) is 76.8 Å². The number of rotatable bonds is 2. The van der Waals surface area contributed by atoms with E-state index in [1.807, 2.05) is 24.3 Å². The maximum Gasteiger partial charge on any atom is 0.349 e. The molecule has 0 saturated heterocycles. The van der Waals surface area contributed by atoms with Gasteiger partial charge in [0.05, 0.1) is 11.2 Å². The van der Waals surface area contributed by atoms with Crippen LogP contribution in [0.15, 0.2) is 70.0 Å². The van der Waals surface area contributed by atoms with Crippen molar-refractivity contribution in [3.63, 3.8) is 0 Å². The highest BCUT2D eigenvalue weighted by Gasteiger charge is 2.15. The first kappa shape index (κ1) is 13.3. The molecule has 0 atom stereocenters. The Kier molecular flexibility index (Phi) is 2.98. The summed E-state index contributed by atoms with van der Waals surface area (Å²) in [5.41, 5.74) is 1.21. The topological polar surface area (TPSA) is 75.1 Å². The molecule has 4 rings (SSSR count). The Morgan fingerprint density at radius 2 is 1.83 bits per heavy atom. The number of nitrogens with one attached hydrogen (secondary N) is 2. The summed E-state index contributed by atoms with van der Waals surface area (Å²) in [6, 6.07) is 16.1. The van der Waals surface area contributed by atoms with Crippen LogP contribution in [0, 0.1) is 0 Å². The molecule has 0 aliphatic rings. The third-order valence-electron chi connectivity index (χ3n) is 3.72. The fraction of sp³-hybridized carbons (Fsp3) is 0. The van der Waals surface area contributed by atoms with Gasteiger partial charge in [-0.05, 0) is 24.3 Å². The molecule has 5 heteroatoms. The Morgan fingerprint density at radius 3 is 2.74 bits per heavy atom. The van der Waals surface area contributed by atoms with E-state index in [-0.39, 0.29) is 5.56 Å². The summed E-state index contributed by atoms with van der Waals surface area (Å²) in [5, 5.41) is 4.45. The van der Waals surface area contributed by atoms with Crippen molar-refractivity contribution < 1.29 is 9.21 Å². The van der Waals surface area contributed by atoms with Crippen LogP contribution in [-0.2, 0) is 0 Å². The molecule has 5 nitrogen and oxygen atoms in total. The van der Waals surface area contributed by atoms with E-state index in [4.69, 9.17) is 4.42 Å². The number of aromatic nitrogens is 1. The van der Waals surface area contributed by atoms with Crippen LogP contribution in [0.25, 0.3) is 21.9 Å². The molecule has 2 aromatic heterocycles. The van der Waals surface area contributed by atoms with E-state index in [0.717, 1.165) is 10.9 Å². The Labute approximate surface area is 130 Å². The summed E-state index contributed by atoms with van der Waals surface area (Å²) >= 11 is 0. The second-order valence-electron chi connectivity index (χ2n) is 5.19. The predicted octanol–water partition coefficient (Wildman–Crippen LogP) is 3.53. The monoisotopic (exact) mass is 304 g/mol.